The highest BCUT2D eigenvalue weighted by molar-refractivity contribution is 7.90. The topological polar surface area (TPSA) is 98.5 Å². The van der Waals surface area contributed by atoms with Crippen molar-refractivity contribution in [2.75, 3.05) is 7.11 Å². The third-order valence-corrected chi connectivity index (χ3v) is 6.44. The van der Waals surface area contributed by atoms with E-state index in [4.69, 9.17) is 20.9 Å². The Morgan fingerprint density at radius 2 is 2.15 bits per heavy atom. The molecule has 1 N–H and O–H groups in total. The molecule has 0 saturated carbocycles. The van der Waals surface area contributed by atoms with Gasteiger partial charge < -0.3 is 9.26 Å². The second-order valence-electron chi connectivity index (χ2n) is 5.58. The van der Waals surface area contributed by atoms with Gasteiger partial charge in [-0.1, -0.05) is 28.9 Å². The number of thiophene rings is 1. The normalized spacial score (nSPS) is 12.6. The summed E-state index contributed by atoms with van der Waals surface area (Å²) in [6.07, 6.45) is 0. The van der Waals surface area contributed by atoms with Gasteiger partial charge in [-0.15, -0.1) is 0 Å². The van der Waals surface area contributed by atoms with Crippen LogP contribution in [-0.4, -0.2) is 26.6 Å². The van der Waals surface area contributed by atoms with Gasteiger partial charge in [0.05, 0.1) is 17.7 Å². The number of carbonyl (C=O) groups is 1. The van der Waals surface area contributed by atoms with E-state index in [-0.39, 0.29) is 15.7 Å². The highest BCUT2D eigenvalue weighted by atomic mass is 35.5. The first kappa shape index (κ1) is 19.4. The summed E-state index contributed by atoms with van der Waals surface area (Å²) in [5, 5.41) is 6.96. The molecule has 7 nitrogen and oxygen atoms in total. The molecule has 27 heavy (non-hydrogen) atoms. The molecule has 0 fully saturated rings. The number of methoxy groups -OCH3 is 1. The number of benzene rings is 1. The lowest BCUT2D eigenvalue weighted by molar-refractivity contribution is -0.120. The van der Waals surface area contributed by atoms with Gasteiger partial charge in [-0.25, -0.2) is 13.1 Å². The minimum absolute atomic E-state index is 0.00471. The molecule has 2 heterocycles. The van der Waals surface area contributed by atoms with Gasteiger partial charge >= 0.3 is 0 Å². The summed E-state index contributed by atoms with van der Waals surface area (Å²) in [5.41, 5.74) is 0.846. The second kappa shape index (κ2) is 7.71. The average Bonchev–Trinajstić information content (AvgIpc) is 3.28. The molecule has 142 valence electrons. The van der Waals surface area contributed by atoms with Crippen molar-refractivity contribution in [2.24, 2.45) is 0 Å². The molecule has 0 aliphatic carbocycles. The number of aromatic nitrogens is 1. The number of rotatable bonds is 6. The predicted octanol–water partition coefficient (Wildman–Crippen LogP) is 3.34. The molecule has 3 rings (SSSR count). The van der Waals surface area contributed by atoms with Crippen molar-refractivity contribution in [3.8, 4) is 5.75 Å². The van der Waals surface area contributed by atoms with E-state index in [0.717, 1.165) is 0 Å². The Hall–Kier alpha value is -2.36. The van der Waals surface area contributed by atoms with E-state index < -0.39 is 21.8 Å². The third-order valence-electron chi connectivity index (χ3n) is 3.81. The van der Waals surface area contributed by atoms with E-state index >= 15 is 0 Å². The number of amides is 1. The van der Waals surface area contributed by atoms with E-state index in [2.05, 4.69) is 9.88 Å². The van der Waals surface area contributed by atoms with Crippen LogP contribution in [0.3, 0.4) is 0 Å². The summed E-state index contributed by atoms with van der Waals surface area (Å²) in [5.74, 6) is -1.38. The first-order valence-electron chi connectivity index (χ1n) is 7.68. The minimum Gasteiger partial charge on any atom is -0.497 e. The van der Waals surface area contributed by atoms with Gasteiger partial charge in [0.15, 0.2) is 5.76 Å². The van der Waals surface area contributed by atoms with Gasteiger partial charge in [-0.05, 0) is 36.1 Å². The monoisotopic (exact) mass is 426 g/mol. The van der Waals surface area contributed by atoms with Gasteiger partial charge in [0.2, 0.25) is 5.91 Å². The molecule has 0 bridgehead atoms. The van der Waals surface area contributed by atoms with Gasteiger partial charge in [0.1, 0.15) is 16.7 Å². The maximum absolute atomic E-state index is 12.9. The van der Waals surface area contributed by atoms with Crippen LogP contribution in [0.2, 0.25) is 5.02 Å². The lowest BCUT2D eigenvalue weighted by Crippen LogP contribution is -2.35. The maximum atomic E-state index is 12.9. The highest BCUT2D eigenvalue weighted by Gasteiger charge is 2.33. The summed E-state index contributed by atoms with van der Waals surface area (Å²) in [6, 6.07) is 8.05. The van der Waals surface area contributed by atoms with E-state index in [0.29, 0.717) is 17.0 Å². The van der Waals surface area contributed by atoms with Gasteiger partial charge in [-0.2, -0.15) is 11.3 Å². The number of sulfonamides is 1. The molecule has 1 amide bonds. The smallest absolute Gasteiger partial charge is 0.264 e. The second-order valence-corrected chi connectivity index (χ2v) is 8.43. The average molecular weight is 427 g/mol. The predicted molar refractivity (Wildman–Crippen MR) is 101 cm³/mol. The molecule has 10 heteroatoms. The quantitative estimate of drug-likeness (QED) is 0.649. The first-order valence-corrected chi connectivity index (χ1v) is 10.5. The molecule has 0 aliphatic heterocycles. The number of carbonyl (C=O) groups excluding carboxylic acids is 1. The van der Waals surface area contributed by atoms with Crippen LogP contribution >= 0.6 is 22.9 Å². The van der Waals surface area contributed by atoms with Crippen LogP contribution in [0, 0.1) is 6.92 Å². The number of halogens is 1. The number of ether oxygens (including phenoxy) is 1. The van der Waals surface area contributed by atoms with Crippen molar-refractivity contribution in [1.29, 1.82) is 0 Å². The van der Waals surface area contributed by atoms with Crippen LogP contribution in [0.1, 0.15) is 22.9 Å². The number of nitrogens with zero attached hydrogens (tertiary/aromatic N) is 1. The Balaban J connectivity index is 2.04. The van der Waals surface area contributed by atoms with Crippen LogP contribution < -0.4 is 9.46 Å². The van der Waals surface area contributed by atoms with Crippen LogP contribution in [0.5, 0.6) is 5.75 Å². The molecule has 2 aromatic heterocycles. The molecule has 0 aliphatic rings. The number of aryl methyl sites for hydroxylation is 1. The van der Waals surface area contributed by atoms with Crippen LogP contribution in [0.15, 0.2) is 50.5 Å². The number of hydrogen-bond acceptors (Lipinski definition) is 7. The van der Waals surface area contributed by atoms with Crippen molar-refractivity contribution >= 4 is 38.9 Å². The molecule has 0 spiro atoms. The summed E-state index contributed by atoms with van der Waals surface area (Å²) >= 11 is 7.44. The van der Waals surface area contributed by atoms with Gasteiger partial charge in [0, 0.05) is 5.38 Å². The highest BCUT2D eigenvalue weighted by Crippen LogP contribution is 2.34. The van der Waals surface area contributed by atoms with Crippen LogP contribution in [0.25, 0.3) is 0 Å². The summed E-state index contributed by atoms with van der Waals surface area (Å²) in [6.45, 7) is 1.62. The zero-order valence-electron chi connectivity index (χ0n) is 14.3. The van der Waals surface area contributed by atoms with Crippen molar-refractivity contribution in [3.63, 3.8) is 0 Å². The molecule has 3 aromatic rings. The largest absolute Gasteiger partial charge is 0.497 e. The fourth-order valence-electron chi connectivity index (χ4n) is 2.45. The van der Waals surface area contributed by atoms with E-state index in [1.165, 1.54) is 29.9 Å². The van der Waals surface area contributed by atoms with Crippen molar-refractivity contribution < 1.29 is 22.5 Å². The zero-order valence-corrected chi connectivity index (χ0v) is 16.7. The zero-order chi connectivity index (χ0) is 19.6. The Kier molecular flexibility index (Phi) is 5.54. The molecule has 0 saturated heterocycles. The molecule has 1 atom stereocenters. The molecule has 0 radical (unpaired) electrons. The van der Waals surface area contributed by atoms with Crippen molar-refractivity contribution in [3.05, 3.63) is 63.1 Å². The van der Waals surface area contributed by atoms with E-state index in [1.807, 2.05) is 0 Å². The maximum Gasteiger partial charge on any atom is 0.264 e. The Morgan fingerprint density at radius 3 is 2.74 bits per heavy atom. The summed E-state index contributed by atoms with van der Waals surface area (Å²) < 4.78 is 37.4. The fraction of sp³-hybridized carbons (Fsp3) is 0.176. The fourth-order valence-corrected chi connectivity index (χ4v) is 4.66. The minimum atomic E-state index is -4.02. The van der Waals surface area contributed by atoms with E-state index in [1.54, 1.807) is 36.6 Å². The SMILES string of the molecule is COc1cccc(C(C(=O)NS(=O)(=O)c2ccsc2)c2onc(C)c2Cl)c1. The molecular formula is C17H15ClN2O5S2. The van der Waals surface area contributed by atoms with E-state index in [9.17, 15) is 13.2 Å². The lowest BCUT2D eigenvalue weighted by Gasteiger charge is -2.16. The number of nitrogens with one attached hydrogen (secondary N) is 1. The third kappa shape index (κ3) is 4.00. The molecule has 1 aromatic carbocycles. The van der Waals surface area contributed by atoms with Crippen molar-refractivity contribution in [2.45, 2.75) is 17.7 Å². The lowest BCUT2D eigenvalue weighted by atomic mass is 9.95. The van der Waals surface area contributed by atoms with Crippen LogP contribution in [0.4, 0.5) is 0 Å². The number of hydrogen-bond donors (Lipinski definition) is 1. The molecular weight excluding hydrogens is 412 g/mol. The summed E-state index contributed by atoms with van der Waals surface area (Å²) in [7, 11) is -2.54. The van der Waals surface area contributed by atoms with Gasteiger partial charge in [-0.3, -0.25) is 4.79 Å². The Morgan fingerprint density at radius 1 is 1.37 bits per heavy atom. The van der Waals surface area contributed by atoms with Crippen LogP contribution in [-0.2, 0) is 14.8 Å². The van der Waals surface area contributed by atoms with Crippen molar-refractivity contribution in [1.82, 2.24) is 9.88 Å². The Labute approximate surface area is 165 Å². The Bertz CT molecular complexity index is 1060. The van der Waals surface area contributed by atoms with Gasteiger partial charge in [0.25, 0.3) is 10.0 Å². The summed E-state index contributed by atoms with van der Waals surface area (Å²) in [4.78, 5) is 12.9. The standard InChI is InChI=1S/C17H15ClN2O5S2/c1-10-15(18)16(25-19-10)14(11-4-3-5-12(8-11)24-2)17(21)20-27(22,23)13-6-7-26-9-13/h3-9,14H,1-2H3,(H,20,21). The molecule has 1 unspecified atom stereocenters. The first-order chi connectivity index (χ1) is 12.8.